The molecule has 2 heteroatoms. The van der Waals surface area contributed by atoms with Gasteiger partial charge in [-0.25, -0.2) is 0 Å². The van der Waals surface area contributed by atoms with Crippen LogP contribution in [0.15, 0.2) is 0 Å². The van der Waals surface area contributed by atoms with Crippen molar-refractivity contribution in [3.8, 4) is 0 Å². The van der Waals surface area contributed by atoms with Crippen LogP contribution in [-0.2, 0) is 9.53 Å². The maximum atomic E-state index is 12.7. The lowest BCUT2D eigenvalue weighted by Crippen LogP contribution is -2.14. The minimum Gasteiger partial charge on any atom is -0.465 e. The van der Waals surface area contributed by atoms with Crippen molar-refractivity contribution in [2.45, 2.75) is 316 Å². The van der Waals surface area contributed by atoms with Crippen LogP contribution in [-0.4, -0.2) is 12.6 Å². The van der Waals surface area contributed by atoms with Gasteiger partial charge in [0.05, 0.1) is 6.61 Å². The molecule has 0 aliphatic carbocycles. The molecule has 0 aliphatic rings. The molecule has 0 bridgehead atoms. The van der Waals surface area contributed by atoms with E-state index < -0.39 is 0 Å². The van der Waals surface area contributed by atoms with Crippen LogP contribution in [0.3, 0.4) is 0 Å². The fourth-order valence-corrected chi connectivity index (χ4v) is 8.49. The Kier molecular flexibility index (Phi) is 48.1. The Balaban J connectivity index is 4.06. The van der Waals surface area contributed by atoms with Gasteiger partial charge in [0, 0.05) is 6.42 Å². The minimum atomic E-state index is 0.0657. The fraction of sp³-hybridized carbons (Fsp3) is 0.981. The van der Waals surface area contributed by atoms with E-state index >= 15 is 0 Å². The molecule has 0 aromatic heterocycles. The standard InChI is InChI=1S/C52H104O2/c1-4-7-10-13-16-19-22-25-27-28-31-33-36-39-42-45-48-51(47-44-41-38-35-32-30-26-23-20-17-14-11-8-5-2)50-54-52(53)49-46-43-40-37-34-29-24-21-18-15-12-9-6-3/h51H,4-50H2,1-3H3/t51-/m1/s1. The molecule has 324 valence electrons. The van der Waals surface area contributed by atoms with Gasteiger partial charge < -0.3 is 4.74 Å². The summed E-state index contributed by atoms with van der Waals surface area (Å²) in [5, 5.41) is 0. The number of carbonyl (C=O) groups excluding carboxylic acids is 1. The predicted octanol–water partition coefficient (Wildman–Crippen LogP) is 19.2. The van der Waals surface area contributed by atoms with Gasteiger partial charge in [-0.3, -0.25) is 4.79 Å². The van der Waals surface area contributed by atoms with E-state index in [-0.39, 0.29) is 5.97 Å². The second kappa shape index (κ2) is 48.6. The zero-order chi connectivity index (χ0) is 39.1. The van der Waals surface area contributed by atoms with Crippen LogP contribution in [0, 0.1) is 5.92 Å². The maximum Gasteiger partial charge on any atom is 0.305 e. The molecule has 0 unspecified atom stereocenters. The molecule has 2 nitrogen and oxygen atoms in total. The lowest BCUT2D eigenvalue weighted by molar-refractivity contribution is -0.145. The Bertz CT molecular complexity index is 673. The van der Waals surface area contributed by atoms with Gasteiger partial charge in [-0.2, -0.15) is 0 Å². The van der Waals surface area contributed by atoms with E-state index in [1.165, 1.54) is 283 Å². The normalized spacial score (nSPS) is 12.1. The van der Waals surface area contributed by atoms with Crippen molar-refractivity contribution in [2.75, 3.05) is 6.61 Å². The molecule has 0 spiro atoms. The van der Waals surface area contributed by atoms with E-state index in [0.29, 0.717) is 18.9 Å². The Labute approximate surface area is 343 Å². The van der Waals surface area contributed by atoms with E-state index in [1.807, 2.05) is 0 Å². The number of ether oxygens (including phenoxy) is 1. The molecule has 0 fully saturated rings. The molecular weight excluding hydrogens is 657 g/mol. The average Bonchev–Trinajstić information content (AvgIpc) is 3.18. The van der Waals surface area contributed by atoms with Crippen LogP contribution in [0.2, 0.25) is 0 Å². The fourth-order valence-electron chi connectivity index (χ4n) is 8.49. The molecule has 0 aromatic rings. The number of rotatable bonds is 48. The Hall–Kier alpha value is -0.530. The third-order valence-corrected chi connectivity index (χ3v) is 12.4. The first-order valence-electron chi connectivity index (χ1n) is 25.9. The van der Waals surface area contributed by atoms with Gasteiger partial charge >= 0.3 is 5.97 Å². The van der Waals surface area contributed by atoms with Crippen molar-refractivity contribution in [1.82, 2.24) is 0 Å². The third kappa shape index (κ3) is 45.9. The third-order valence-electron chi connectivity index (χ3n) is 12.4. The van der Waals surface area contributed by atoms with E-state index in [1.54, 1.807) is 0 Å². The molecule has 0 saturated carbocycles. The van der Waals surface area contributed by atoms with Crippen LogP contribution in [0.5, 0.6) is 0 Å². The molecule has 0 aliphatic heterocycles. The summed E-state index contributed by atoms with van der Waals surface area (Å²) in [6.07, 6.45) is 63.2. The summed E-state index contributed by atoms with van der Waals surface area (Å²) in [7, 11) is 0. The highest BCUT2D eigenvalue weighted by Gasteiger charge is 2.12. The lowest BCUT2D eigenvalue weighted by atomic mass is 9.94. The number of hydrogen-bond acceptors (Lipinski definition) is 2. The van der Waals surface area contributed by atoms with Crippen LogP contribution >= 0.6 is 0 Å². The molecule has 0 heterocycles. The van der Waals surface area contributed by atoms with E-state index in [9.17, 15) is 4.79 Å². The van der Waals surface area contributed by atoms with Crippen molar-refractivity contribution in [1.29, 1.82) is 0 Å². The van der Waals surface area contributed by atoms with E-state index in [4.69, 9.17) is 4.74 Å². The van der Waals surface area contributed by atoms with Gasteiger partial charge in [-0.15, -0.1) is 0 Å². The minimum absolute atomic E-state index is 0.0657. The first kappa shape index (κ1) is 53.5. The lowest BCUT2D eigenvalue weighted by Gasteiger charge is -2.17. The molecule has 0 radical (unpaired) electrons. The van der Waals surface area contributed by atoms with Crippen LogP contribution in [0.1, 0.15) is 316 Å². The quantitative estimate of drug-likeness (QED) is 0.0456. The molecule has 0 amide bonds. The van der Waals surface area contributed by atoms with Gasteiger partial charge in [-0.1, -0.05) is 290 Å². The Morgan fingerprint density at radius 1 is 0.296 bits per heavy atom. The molecule has 0 rings (SSSR count). The van der Waals surface area contributed by atoms with Gasteiger partial charge in [0.1, 0.15) is 0 Å². The van der Waals surface area contributed by atoms with Crippen molar-refractivity contribution >= 4 is 5.97 Å². The molecular formula is C52H104O2. The second-order valence-electron chi connectivity index (χ2n) is 18.0. The summed E-state index contributed by atoms with van der Waals surface area (Å²) >= 11 is 0. The van der Waals surface area contributed by atoms with Crippen LogP contribution in [0.25, 0.3) is 0 Å². The van der Waals surface area contributed by atoms with Crippen molar-refractivity contribution < 1.29 is 9.53 Å². The highest BCUT2D eigenvalue weighted by Crippen LogP contribution is 2.22. The topological polar surface area (TPSA) is 26.3 Å². The molecule has 1 atom stereocenters. The Morgan fingerprint density at radius 2 is 0.500 bits per heavy atom. The number of esters is 1. The van der Waals surface area contributed by atoms with Crippen molar-refractivity contribution in [2.24, 2.45) is 5.92 Å². The van der Waals surface area contributed by atoms with Gasteiger partial charge in [0.15, 0.2) is 0 Å². The summed E-state index contributed by atoms with van der Waals surface area (Å²) in [6, 6.07) is 0. The summed E-state index contributed by atoms with van der Waals surface area (Å²) in [6.45, 7) is 7.58. The summed E-state index contributed by atoms with van der Waals surface area (Å²) in [5.41, 5.74) is 0. The highest BCUT2D eigenvalue weighted by molar-refractivity contribution is 5.69. The Morgan fingerprint density at radius 3 is 0.741 bits per heavy atom. The first-order valence-corrected chi connectivity index (χ1v) is 25.9. The number of hydrogen-bond donors (Lipinski definition) is 0. The SMILES string of the molecule is CCCCCCCCCCCCCCCCCC[C@@H](CCCCCCCCCCCCCCCC)COC(=O)CCCCCCCCCCCCCCC. The number of unbranched alkanes of at least 4 members (excludes halogenated alkanes) is 40. The van der Waals surface area contributed by atoms with Crippen LogP contribution in [0.4, 0.5) is 0 Å². The summed E-state index contributed by atoms with van der Waals surface area (Å²) < 4.78 is 5.92. The first-order chi connectivity index (χ1) is 26.7. The van der Waals surface area contributed by atoms with Gasteiger partial charge in [0.25, 0.3) is 0 Å². The monoisotopic (exact) mass is 761 g/mol. The smallest absolute Gasteiger partial charge is 0.305 e. The zero-order valence-corrected chi connectivity index (χ0v) is 38.1. The van der Waals surface area contributed by atoms with Crippen molar-refractivity contribution in [3.63, 3.8) is 0 Å². The molecule has 54 heavy (non-hydrogen) atoms. The molecule has 0 N–H and O–H groups in total. The molecule has 0 aromatic carbocycles. The van der Waals surface area contributed by atoms with Gasteiger partial charge in [0.2, 0.25) is 0 Å². The predicted molar refractivity (Wildman–Crippen MR) is 244 cm³/mol. The largest absolute Gasteiger partial charge is 0.465 e. The van der Waals surface area contributed by atoms with Crippen LogP contribution < -0.4 is 0 Å². The highest BCUT2D eigenvalue weighted by atomic mass is 16.5. The second-order valence-corrected chi connectivity index (χ2v) is 18.0. The summed E-state index contributed by atoms with van der Waals surface area (Å²) in [4.78, 5) is 12.7. The number of carbonyl (C=O) groups is 1. The zero-order valence-electron chi connectivity index (χ0n) is 38.1. The van der Waals surface area contributed by atoms with E-state index in [2.05, 4.69) is 20.8 Å². The summed E-state index contributed by atoms with van der Waals surface area (Å²) in [5.74, 6) is 0.639. The maximum absolute atomic E-state index is 12.7. The average molecular weight is 761 g/mol. The van der Waals surface area contributed by atoms with Crippen molar-refractivity contribution in [3.05, 3.63) is 0 Å². The molecule has 0 saturated heterocycles. The van der Waals surface area contributed by atoms with Gasteiger partial charge in [-0.05, 0) is 25.2 Å². The van der Waals surface area contributed by atoms with E-state index in [0.717, 1.165) is 6.42 Å².